The van der Waals surface area contributed by atoms with Crippen molar-refractivity contribution in [3.63, 3.8) is 0 Å². The molecule has 1 saturated carbocycles. The molecule has 3 aromatic rings. The molecule has 1 aliphatic carbocycles. The maximum Gasteiger partial charge on any atom is 0.433 e. The van der Waals surface area contributed by atoms with Crippen LogP contribution in [0, 0.1) is 5.92 Å². The molecular weight excluding hydrogens is 619 g/mol. The Morgan fingerprint density at radius 3 is 2.59 bits per heavy atom. The summed E-state index contributed by atoms with van der Waals surface area (Å²) < 4.78 is 53.8. The van der Waals surface area contributed by atoms with E-state index >= 15 is 0 Å². The second-order valence-corrected chi connectivity index (χ2v) is 18.9. The van der Waals surface area contributed by atoms with Crippen molar-refractivity contribution in [3.05, 3.63) is 47.9 Å². The number of aromatic nitrogens is 3. The number of aldehydes is 1. The minimum Gasteiger partial charge on any atom is -0.489 e. The summed E-state index contributed by atoms with van der Waals surface area (Å²) in [6.45, 7) is 7.62. The van der Waals surface area contributed by atoms with Gasteiger partial charge in [-0.15, -0.1) is 0 Å². The zero-order valence-corrected chi connectivity index (χ0v) is 27.3. The molecule has 0 bridgehead atoms. The molecule has 248 valence electrons. The van der Waals surface area contributed by atoms with Crippen LogP contribution in [0.4, 0.5) is 18.9 Å². The number of halogens is 3. The van der Waals surface area contributed by atoms with Gasteiger partial charge in [-0.2, -0.15) is 18.3 Å². The molecular formula is C32H40F3N5O5Si. The van der Waals surface area contributed by atoms with Crippen LogP contribution in [-0.4, -0.2) is 71.8 Å². The zero-order chi connectivity index (χ0) is 33.1. The third-order valence-electron chi connectivity index (χ3n) is 8.56. The summed E-state index contributed by atoms with van der Waals surface area (Å²) in [5, 5.41) is 8.14. The van der Waals surface area contributed by atoms with Gasteiger partial charge in [-0.1, -0.05) is 25.7 Å². The Kier molecular flexibility index (Phi) is 10.2. The number of carbonyl (C=O) groups excluding carboxylic acids is 3. The van der Waals surface area contributed by atoms with Crippen molar-refractivity contribution in [1.29, 1.82) is 0 Å². The lowest BCUT2D eigenvalue weighted by molar-refractivity contribution is -0.141. The smallest absolute Gasteiger partial charge is 0.433 e. The second kappa shape index (κ2) is 13.9. The highest BCUT2D eigenvalue weighted by Crippen LogP contribution is 2.35. The van der Waals surface area contributed by atoms with E-state index in [0.717, 1.165) is 50.1 Å². The number of carbonyl (C=O) groups is 3. The van der Waals surface area contributed by atoms with Crippen LogP contribution in [0.1, 0.15) is 60.7 Å². The van der Waals surface area contributed by atoms with E-state index in [4.69, 9.17) is 14.6 Å². The number of fused-ring (bicyclic) bond motifs is 1. The van der Waals surface area contributed by atoms with Gasteiger partial charge in [0.05, 0.1) is 23.3 Å². The van der Waals surface area contributed by atoms with Crippen molar-refractivity contribution in [1.82, 2.24) is 19.7 Å². The van der Waals surface area contributed by atoms with Gasteiger partial charge in [0.1, 0.15) is 36.8 Å². The number of alkyl halides is 3. The molecule has 1 atom stereocenters. The molecule has 46 heavy (non-hydrogen) atoms. The van der Waals surface area contributed by atoms with Crippen LogP contribution in [0.3, 0.4) is 0 Å². The molecule has 2 fully saturated rings. The number of hydrogen-bond acceptors (Lipinski definition) is 7. The van der Waals surface area contributed by atoms with E-state index in [1.807, 2.05) is 10.9 Å². The Morgan fingerprint density at radius 2 is 1.89 bits per heavy atom. The molecule has 1 aliphatic heterocycles. The first-order chi connectivity index (χ1) is 21.8. The summed E-state index contributed by atoms with van der Waals surface area (Å²) in [6.07, 6.45) is 2.27. The van der Waals surface area contributed by atoms with Crippen molar-refractivity contribution >= 4 is 42.8 Å². The van der Waals surface area contributed by atoms with Gasteiger partial charge in [0.25, 0.3) is 5.91 Å². The normalized spacial score (nSPS) is 20.7. The number of pyridine rings is 1. The predicted molar refractivity (Wildman–Crippen MR) is 168 cm³/mol. The number of nitrogens with one attached hydrogen (secondary N) is 1. The molecule has 2 amide bonds. The van der Waals surface area contributed by atoms with E-state index in [1.54, 1.807) is 17.0 Å². The molecule has 1 aromatic carbocycles. The van der Waals surface area contributed by atoms with Crippen LogP contribution < -0.4 is 10.1 Å². The zero-order valence-electron chi connectivity index (χ0n) is 26.3. The van der Waals surface area contributed by atoms with Crippen molar-refractivity contribution in [2.75, 3.05) is 25.3 Å². The quantitative estimate of drug-likeness (QED) is 0.138. The van der Waals surface area contributed by atoms with Gasteiger partial charge >= 0.3 is 6.18 Å². The minimum absolute atomic E-state index is 0.0238. The summed E-state index contributed by atoms with van der Waals surface area (Å²) in [5.41, 5.74) is -0.720. The fourth-order valence-electron chi connectivity index (χ4n) is 5.75. The summed E-state index contributed by atoms with van der Waals surface area (Å²) in [4.78, 5) is 42.2. The largest absolute Gasteiger partial charge is 0.489 e. The average molecular weight is 660 g/mol. The molecule has 10 nitrogen and oxygen atoms in total. The Morgan fingerprint density at radius 1 is 1.13 bits per heavy atom. The van der Waals surface area contributed by atoms with Crippen molar-refractivity contribution in [3.8, 4) is 5.75 Å². The minimum atomic E-state index is -4.70. The van der Waals surface area contributed by atoms with Crippen LogP contribution >= 0.6 is 0 Å². The van der Waals surface area contributed by atoms with E-state index in [2.05, 4.69) is 29.9 Å². The number of likely N-dealkylation sites (tertiary alicyclic amines) is 1. The highest BCUT2D eigenvalue weighted by atomic mass is 28.3. The fourth-order valence-corrected chi connectivity index (χ4v) is 6.51. The third-order valence-corrected chi connectivity index (χ3v) is 10.3. The van der Waals surface area contributed by atoms with Crippen LogP contribution in [-0.2, 0) is 20.5 Å². The highest BCUT2D eigenvalue weighted by Gasteiger charge is 2.34. The SMILES string of the molecule is C[Si](C)(C)CCOCN1C(=O)CC[C@H]1COc1cc2nn(C3CCC(C=O)CC3)cc2cc1NC(=O)c1cccc(C(F)(F)F)n1. The van der Waals surface area contributed by atoms with E-state index in [1.165, 1.54) is 6.07 Å². The number of hydrogen-bond donors (Lipinski definition) is 1. The standard InChI is InChI=1S/C32H40F3N5O5Si/c1-46(2,3)14-13-44-20-39-24(11-12-30(39)42)19-45-28-16-26-22(17-40(38-26)23-9-7-21(18-41)8-10-23)15-27(28)37-31(43)25-5-4-6-29(36-25)32(33,34)35/h4-6,15-18,21,23-24H,7-14,19-20H2,1-3H3,(H,37,43)/t21?,23?,24-/m0/s1. The molecule has 2 aliphatic rings. The number of ether oxygens (including phenoxy) is 2. The maximum absolute atomic E-state index is 13.3. The highest BCUT2D eigenvalue weighted by molar-refractivity contribution is 6.76. The third kappa shape index (κ3) is 8.32. The summed E-state index contributed by atoms with van der Waals surface area (Å²) >= 11 is 0. The lowest BCUT2D eigenvalue weighted by Crippen LogP contribution is -2.39. The first-order valence-electron chi connectivity index (χ1n) is 15.6. The first kappa shape index (κ1) is 33.6. The van der Waals surface area contributed by atoms with E-state index in [0.29, 0.717) is 30.4 Å². The molecule has 1 saturated heterocycles. The maximum atomic E-state index is 13.3. The Hall–Kier alpha value is -3.78. The van der Waals surface area contributed by atoms with Crippen molar-refractivity contribution in [2.45, 2.75) is 82.5 Å². The van der Waals surface area contributed by atoms with Gasteiger partial charge in [-0.3, -0.25) is 14.3 Å². The van der Waals surface area contributed by atoms with E-state index < -0.39 is 31.5 Å². The van der Waals surface area contributed by atoms with Gasteiger partial charge in [-0.05, 0) is 56.3 Å². The van der Waals surface area contributed by atoms with Gasteiger partial charge < -0.3 is 24.5 Å². The average Bonchev–Trinajstić information content (AvgIpc) is 3.59. The van der Waals surface area contributed by atoms with Gasteiger partial charge in [0, 0.05) is 44.7 Å². The van der Waals surface area contributed by atoms with Crippen LogP contribution in [0.5, 0.6) is 5.75 Å². The number of benzene rings is 1. The van der Waals surface area contributed by atoms with E-state index in [9.17, 15) is 27.6 Å². The fraction of sp³-hybridized carbons (Fsp3) is 0.531. The van der Waals surface area contributed by atoms with Gasteiger partial charge in [-0.25, -0.2) is 4.98 Å². The predicted octanol–water partition coefficient (Wildman–Crippen LogP) is 6.31. The van der Waals surface area contributed by atoms with Crippen molar-refractivity contribution in [2.24, 2.45) is 5.92 Å². The Balaban J connectivity index is 1.37. The lowest BCUT2D eigenvalue weighted by Gasteiger charge is -2.26. The van der Waals surface area contributed by atoms with Gasteiger partial charge in [0.15, 0.2) is 0 Å². The lowest BCUT2D eigenvalue weighted by atomic mass is 9.87. The molecule has 1 N–H and O–H groups in total. The summed E-state index contributed by atoms with van der Waals surface area (Å²) in [5.74, 6) is -0.533. The number of amides is 2. The molecule has 2 aromatic heterocycles. The molecule has 0 spiro atoms. The molecule has 5 rings (SSSR count). The number of nitrogens with zero attached hydrogens (tertiary/aromatic N) is 4. The topological polar surface area (TPSA) is 116 Å². The Bertz CT molecular complexity index is 1570. The molecule has 0 radical (unpaired) electrons. The van der Waals surface area contributed by atoms with Crippen molar-refractivity contribution < 1.29 is 37.0 Å². The monoisotopic (exact) mass is 659 g/mol. The second-order valence-electron chi connectivity index (χ2n) is 13.3. The Labute approximate surface area is 266 Å². The van der Waals surface area contributed by atoms with Gasteiger partial charge in [0.2, 0.25) is 5.91 Å². The molecule has 0 unspecified atom stereocenters. The summed E-state index contributed by atoms with van der Waals surface area (Å²) in [6, 6.07) is 7.34. The number of anilines is 1. The van der Waals surface area contributed by atoms with Crippen LogP contribution in [0.2, 0.25) is 25.7 Å². The summed E-state index contributed by atoms with van der Waals surface area (Å²) in [7, 11) is -1.29. The van der Waals surface area contributed by atoms with Crippen LogP contribution in [0.15, 0.2) is 36.5 Å². The van der Waals surface area contributed by atoms with E-state index in [-0.39, 0.29) is 48.7 Å². The number of rotatable bonds is 12. The molecule has 3 heterocycles. The first-order valence-corrected chi connectivity index (χ1v) is 19.4. The molecule has 14 heteroatoms. The van der Waals surface area contributed by atoms with Crippen LogP contribution in [0.25, 0.3) is 10.9 Å².